The van der Waals surface area contributed by atoms with Crippen LogP contribution in [-0.2, 0) is 9.53 Å². The molecule has 3 unspecified atom stereocenters. The normalized spacial score (nSPS) is 24.6. The average Bonchev–Trinajstić information content (AvgIpc) is 2.68. The Morgan fingerprint density at radius 3 is 2.54 bits per heavy atom. The zero-order valence-corrected chi connectivity index (χ0v) is 16.8. The third kappa shape index (κ3) is 5.45. The summed E-state index contributed by atoms with van der Waals surface area (Å²) in [4.78, 5) is 28.4. The van der Waals surface area contributed by atoms with Crippen LogP contribution in [-0.4, -0.2) is 72.8 Å². The summed E-state index contributed by atoms with van der Waals surface area (Å²) in [5.41, 5.74) is 2.24. The molecule has 2 heterocycles. The predicted molar refractivity (Wildman–Crippen MR) is 106 cm³/mol. The second kappa shape index (κ2) is 9.39. The molecule has 2 aliphatic heterocycles. The van der Waals surface area contributed by atoms with E-state index in [1.807, 2.05) is 13.8 Å². The highest BCUT2D eigenvalue weighted by Crippen LogP contribution is 2.23. The number of likely N-dealkylation sites (tertiary alicyclic amines) is 1. The second-order valence-corrected chi connectivity index (χ2v) is 8.11. The molecular formula is C21H31N3O4. The Kier molecular flexibility index (Phi) is 6.91. The van der Waals surface area contributed by atoms with Gasteiger partial charge in [0, 0.05) is 32.7 Å². The minimum absolute atomic E-state index is 0.147. The van der Waals surface area contributed by atoms with Crippen molar-refractivity contribution in [3.8, 4) is 0 Å². The topological polar surface area (TPSA) is 82.1 Å². The summed E-state index contributed by atoms with van der Waals surface area (Å²) >= 11 is 0. The molecule has 0 bridgehead atoms. The van der Waals surface area contributed by atoms with Gasteiger partial charge in [0.15, 0.2) is 0 Å². The fourth-order valence-electron chi connectivity index (χ4n) is 4.01. The molecule has 7 nitrogen and oxygen atoms in total. The van der Waals surface area contributed by atoms with Gasteiger partial charge in [-0.05, 0) is 24.8 Å². The van der Waals surface area contributed by atoms with E-state index in [1.54, 1.807) is 4.90 Å². The number of nitrogens with one attached hydrogen (secondary N) is 1. The summed E-state index contributed by atoms with van der Waals surface area (Å²) in [7, 11) is 0. The summed E-state index contributed by atoms with van der Waals surface area (Å²) in [5, 5.41) is 12.5. The SMILES string of the molecule is Cc1ccc(C(CN2CCOCC2)NC(=O)N2CC(C)CC(C(=O)O)C2)cc1. The number of hydrogen-bond donors (Lipinski definition) is 2. The van der Waals surface area contributed by atoms with Gasteiger partial charge in [-0.3, -0.25) is 9.69 Å². The van der Waals surface area contributed by atoms with E-state index in [2.05, 4.69) is 34.5 Å². The maximum Gasteiger partial charge on any atom is 0.317 e. The monoisotopic (exact) mass is 389 g/mol. The zero-order valence-electron chi connectivity index (χ0n) is 16.8. The van der Waals surface area contributed by atoms with Crippen LogP contribution < -0.4 is 5.32 Å². The average molecular weight is 389 g/mol. The van der Waals surface area contributed by atoms with Crippen molar-refractivity contribution in [3.05, 3.63) is 35.4 Å². The maximum atomic E-state index is 13.0. The van der Waals surface area contributed by atoms with Crippen molar-refractivity contribution in [1.29, 1.82) is 0 Å². The van der Waals surface area contributed by atoms with Crippen LogP contribution in [0.25, 0.3) is 0 Å². The Morgan fingerprint density at radius 1 is 1.21 bits per heavy atom. The van der Waals surface area contributed by atoms with Crippen LogP contribution >= 0.6 is 0 Å². The van der Waals surface area contributed by atoms with Gasteiger partial charge in [0.2, 0.25) is 0 Å². The zero-order chi connectivity index (χ0) is 20.1. The molecule has 3 rings (SSSR count). The first-order chi connectivity index (χ1) is 13.4. The molecule has 3 atom stereocenters. The van der Waals surface area contributed by atoms with Crippen molar-refractivity contribution in [2.24, 2.45) is 11.8 Å². The van der Waals surface area contributed by atoms with E-state index in [0.717, 1.165) is 18.7 Å². The van der Waals surface area contributed by atoms with Crippen molar-refractivity contribution < 1.29 is 19.4 Å². The number of carbonyl (C=O) groups excluding carboxylic acids is 1. The van der Waals surface area contributed by atoms with Gasteiger partial charge in [0.1, 0.15) is 0 Å². The number of aryl methyl sites for hydroxylation is 1. The third-order valence-electron chi connectivity index (χ3n) is 5.62. The van der Waals surface area contributed by atoms with E-state index in [4.69, 9.17) is 4.74 Å². The number of carbonyl (C=O) groups is 2. The maximum absolute atomic E-state index is 13.0. The lowest BCUT2D eigenvalue weighted by Gasteiger charge is -2.37. The predicted octanol–water partition coefficient (Wildman–Crippen LogP) is 2.12. The van der Waals surface area contributed by atoms with Gasteiger partial charge in [-0.2, -0.15) is 0 Å². The number of aliphatic carboxylic acids is 1. The minimum atomic E-state index is -0.826. The quantitative estimate of drug-likeness (QED) is 0.806. The minimum Gasteiger partial charge on any atom is -0.481 e. The molecule has 2 saturated heterocycles. The number of benzene rings is 1. The molecule has 28 heavy (non-hydrogen) atoms. The fourth-order valence-corrected chi connectivity index (χ4v) is 4.01. The Bertz CT molecular complexity index is 673. The van der Waals surface area contributed by atoms with Crippen LogP contribution in [0.2, 0.25) is 0 Å². The van der Waals surface area contributed by atoms with Crippen LogP contribution in [0.15, 0.2) is 24.3 Å². The number of piperidine rings is 1. The first-order valence-corrected chi connectivity index (χ1v) is 10.1. The van der Waals surface area contributed by atoms with Crippen molar-refractivity contribution in [3.63, 3.8) is 0 Å². The standard InChI is InChI=1S/C21H31N3O4/c1-15-3-5-17(6-4-15)19(14-23-7-9-28-10-8-23)22-21(27)24-12-16(2)11-18(13-24)20(25)26/h3-6,16,18-19H,7-14H2,1-2H3,(H,22,27)(H,25,26). The van der Waals surface area contributed by atoms with E-state index in [9.17, 15) is 14.7 Å². The molecule has 2 fully saturated rings. The Balaban J connectivity index is 1.71. The van der Waals surface area contributed by atoms with E-state index in [1.165, 1.54) is 5.56 Å². The van der Waals surface area contributed by atoms with Gasteiger partial charge >= 0.3 is 12.0 Å². The van der Waals surface area contributed by atoms with E-state index in [-0.39, 0.29) is 24.5 Å². The summed E-state index contributed by atoms with van der Waals surface area (Å²) in [6.07, 6.45) is 0.619. The lowest BCUT2D eigenvalue weighted by Crippen LogP contribution is -2.51. The van der Waals surface area contributed by atoms with Gasteiger partial charge in [0.05, 0.1) is 25.2 Å². The molecule has 1 aromatic rings. The molecule has 2 amide bonds. The molecule has 7 heteroatoms. The van der Waals surface area contributed by atoms with Gasteiger partial charge in [0.25, 0.3) is 0 Å². The molecule has 154 valence electrons. The smallest absolute Gasteiger partial charge is 0.317 e. The molecule has 0 aromatic heterocycles. The fraction of sp³-hybridized carbons (Fsp3) is 0.619. The van der Waals surface area contributed by atoms with Crippen molar-refractivity contribution in [1.82, 2.24) is 15.1 Å². The highest BCUT2D eigenvalue weighted by molar-refractivity contribution is 5.77. The Morgan fingerprint density at radius 2 is 1.89 bits per heavy atom. The number of carboxylic acids is 1. The van der Waals surface area contributed by atoms with Crippen LogP contribution in [0, 0.1) is 18.8 Å². The second-order valence-electron chi connectivity index (χ2n) is 8.11. The van der Waals surface area contributed by atoms with E-state index >= 15 is 0 Å². The number of hydrogen-bond acceptors (Lipinski definition) is 4. The highest BCUT2D eigenvalue weighted by Gasteiger charge is 2.33. The first kappa shape index (κ1) is 20.6. The van der Waals surface area contributed by atoms with Crippen LogP contribution in [0.3, 0.4) is 0 Å². The number of nitrogens with zero attached hydrogens (tertiary/aromatic N) is 2. The molecule has 0 radical (unpaired) electrons. The number of carboxylic acid groups (broad SMARTS) is 1. The van der Waals surface area contributed by atoms with Crippen molar-refractivity contribution in [2.45, 2.75) is 26.3 Å². The number of morpholine rings is 1. The van der Waals surface area contributed by atoms with Crippen molar-refractivity contribution >= 4 is 12.0 Å². The number of rotatable bonds is 5. The van der Waals surface area contributed by atoms with Crippen LogP contribution in [0.5, 0.6) is 0 Å². The van der Waals surface area contributed by atoms with Gasteiger partial charge in [-0.15, -0.1) is 0 Å². The third-order valence-corrected chi connectivity index (χ3v) is 5.62. The summed E-state index contributed by atoms with van der Waals surface area (Å²) in [5.74, 6) is -1.14. The summed E-state index contributed by atoms with van der Waals surface area (Å²) in [6, 6.07) is 7.89. The van der Waals surface area contributed by atoms with Crippen LogP contribution in [0.4, 0.5) is 4.79 Å². The van der Waals surface area contributed by atoms with E-state index in [0.29, 0.717) is 32.7 Å². The highest BCUT2D eigenvalue weighted by atomic mass is 16.5. The molecule has 1 aromatic carbocycles. The Labute approximate surface area is 166 Å². The van der Waals surface area contributed by atoms with Crippen molar-refractivity contribution in [2.75, 3.05) is 45.9 Å². The molecule has 0 spiro atoms. The van der Waals surface area contributed by atoms with Gasteiger partial charge < -0.3 is 20.1 Å². The lowest BCUT2D eigenvalue weighted by molar-refractivity contribution is -0.143. The molecular weight excluding hydrogens is 358 g/mol. The van der Waals surface area contributed by atoms with Crippen LogP contribution in [0.1, 0.15) is 30.5 Å². The largest absolute Gasteiger partial charge is 0.481 e. The molecule has 2 N–H and O–H groups in total. The number of urea groups is 1. The van der Waals surface area contributed by atoms with Gasteiger partial charge in [-0.1, -0.05) is 36.8 Å². The molecule has 0 aliphatic carbocycles. The number of ether oxygens (including phenoxy) is 1. The molecule has 2 aliphatic rings. The summed E-state index contributed by atoms with van der Waals surface area (Å²) in [6.45, 7) is 8.72. The van der Waals surface area contributed by atoms with E-state index < -0.39 is 11.9 Å². The van der Waals surface area contributed by atoms with Gasteiger partial charge in [-0.25, -0.2) is 4.79 Å². The lowest BCUT2D eigenvalue weighted by atomic mass is 9.91. The Hall–Kier alpha value is -2.12. The first-order valence-electron chi connectivity index (χ1n) is 10.1. The summed E-state index contributed by atoms with van der Waals surface area (Å²) < 4.78 is 5.43. The number of amides is 2. The molecule has 0 saturated carbocycles.